The molecule has 4 amide bonds. The summed E-state index contributed by atoms with van der Waals surface area (Å²) in [6, 6.07) is 13.6. The van der Waals surface area contributed by atoms with Gasteiger partial charge in [-0.15, -0.1) is 0 Å². The summed E-state index contributed by atoms with van der Waals surface area (Å²) >= 11 is 0.779. The molecule has 0 aliphatic carbocycles. The Hall–Kier alpha value is -3.59. The van der Waals surface area contributed by atoms with Crippen LogP contribution in [0.15, 0.2) is 53.4 Å². The molecule has 1 aliphatic heterocycles. The molecular formula is C22H21N3O5S. The van der Waals surface area contributed by atoms with Gasteiger partial charge in [-0.25, -0.2) is 0 Å². The van der Waals surface area contributed by atoms with E-state index in [-0.39, 0.29) is 17.4 Å². The number of ether oxygens (including phenoxy) is 1. The van der Waals surface area contributed by atoms with E-state index in [9.17, 15) is 19.2 Å². The van der Waals surface area contributed by atoms with Crippen LogP contribution in [0.5, 0.6) is 5.75 Å². The molecule has 0 unspecified atom stereocenters. The van der Waals surface area contributed by atoms with Crippen LogP contribution in [0.1, 0.15) is 19.4 Å². The quantitative estimate of drug-likeness (QED) is 0.637. The fourth-order valence-corrected chi connectivity index (χ4v) is 3.64. The molecule has 9 heteroatoms. The van der Waals surface area contributed by atoms with Crippen LogP contribution in [0.3, 0.4) is 0 Å². The Labute approximate surface area is 183 Å². The van der Waals surface area contributed by atoms with Gasteiger partial charge in [0.2, 0.25) is 11.8 Å². The number of amides is 4. The lowest BCUT2D eigenvalue weighted by Gasteiger charge is -2.12. The molecule has 0 spiro atoms. The van der Waals surface area contributed by atoms with Crippen molar-refractivity contribution in [1.82, 2.24) is 4.90 Å². The summed E-state index contributed by atoms with van der Waals surface area (Å²) in [5, 5.41) is 4.81. The number of carbonyl (C=O) groups is 4. The first-order valence-corrected chi connectivity index (χ1v) is 10.3. The van der Waals surface area contributed by atoms with Crippen molar-refractivity contribution in [3.63, 3.8) is 0 Å². The first kappa shape index (κ1) is 22.1. The van der Waals surface area contributed by atoms with Crippen molar-refractivity contribution in [2.45, 2.75) is 13.8 Å². The van der Waals surface area contributed by atoms with E-state index in [1.807, 2.05) is 6.92 Å². The summed E-state index contributed by atoms with van der Waals surface area (Å²) in [6.07, 6.45) is 1.58. The topological polar surface area (TPSA) is 105 Å². The van der Waals surface area contributed by atoms with Gasteiger partial charge < -0.3 is 15.4 Å². The van der Waals surface area contributed by atoms with Crippen LogP contribution in [0.4, 0.5) is 16.2 Å². The van der Waals surface area contributed by atoms with Gasteiger partial charge >= 0.3 is 0 Å². The predicted molar refractivity (Wildman–Crippen MR) is 120 cm³/mol. The number of hydrogen-bond acceptors (Lipinski definition) is 6. The van der Waals surface area contributed by atoms with Crippen LogP contribution in [-0.2, 0) is 14.4 Å². The molecule has 0 saturated carbocycles. The lowest BCUT2D eigenvalue weighted by Crippen LogP contribution is -2.36. The van der Waals surface area contributed by atoms with E-state index in [1.54, 1.807) is 54.6 Å². The number of nitrogens with zero attached hydrogens (tertiary/aromatic N) is 1. The standard InChI is InChI=1S/C22H21N3O5S/c1-3-30-18-10-8-17(9-11-18)24-20(27)13-25-21(28)19(31-22(25)29)12-15-4-6-16(7-5-15)23-14(2)26/h4-12H,3,13H2,1-2H3,(H,23,26)(H,24,27)/b19-12-. The Kier molecular flexibility index (Phi) is 7.09. The fraction of sp³-hybridized carbons (Fsp3) is 0.182. The number of thioether (sulfide) groups is 1. The monoisotopic (exact) mass is 439 g/mol. The van der Waals surface area contributed by atoms with Crippen molar-refractivity contribution in [2.24, 2.45) is 0 Å². The fourth-order valence-electron chi connectivity index (χ4n) is 2.80. The van der Waals surface area contributed by atoms with Gasteiger partial charge in [0.1, 0.15) is 12.3 Å². The predicted octanol–water partition coefficient (Wildman–Crippen LogP) is 3.72. The zero-order valence-electron chi connectivity index (χ0n) is 17.0. The first-order chi connectivity index (χ1) is 14.9. The minimum atomic E-state index is -0.525. The van der Waals surface area contributed by atoms with Crippen molar-refractivity contribution in [3.05, 3.63) is 59.0 Å². The van der Waals surface area contributed by atoms with Gasteiger partial charge in [-0.1, -0.05) is 12.1 Å². The molecule has 0 bridgehead atoms. The third kappa shape index (κ3) is 5.95. The van der Waals surface area contributed by atoms with Crippen molar-refractivity contribution >= 4 is 52.2 Å². The van der Waals surface area contributed by atoms with Crippen LogP contribution in [0, 0.1) is 0 Å². The molecule has 1 heterocycles. The highest BCUT2D eigenvalue weighted by molar-refractivity contribution is 8.18. The van der Waals surface area contributed by atoms with Crippen LogP contribution in [0.2, 0.25) is 0 Å². The second-order valence-electron chi connectivity index (χ2n) is 6.58. The minimum absolute atomic E-state index is 0.183. The van der Waals surface area contributed by atoms with Crippen LogP contribution >= 0.6 is 11.8 Å². The van der Waals surface area contributed by atoms with Gasteiger partial charge in [-0.3, -0.25) is 24.1 Å². The molecule has 160 valence electrons. The normalized spacial score (nSPS) is 14.6. The molecule has 0 radical (unpaired) electrons. The number of imide groups is 1. The average Bonchev–Trinajstić information content (AvgIpc) is 2.98. The summed E-state index contributed by atoms with van der Waals surface area (Å²) < 4.78 is 5.35. The van der Waals surface area contributed by atoms with E-state index < -0.39 is 17.1 Å². The number of carbonyl (C=O) groups excluding carboxylic acids is 4. The van der Waals surface area contributed by atoms with E-state index in [4.69, 9.17) is 4.74 Å². The van der Waals surface area contributed by atoms with Gasteiger partial charge in [-0.2, -0.15) is 0 Å². The molecule has 1 aliphatic rings. The highest BCUT2D eigenvalue weighted by Crippen LogP contribution is 2.32. The van der Waals surface area contributed by atoms with Crippen LogP contribution < -0.4 is 15.4 Å². The highest BCUT2D eigenvalue weighted by Gasteiger charge is 2.36. The Morgan fingerprint density at radius 3 is 2.23 bits per heavy atom. The van der Waals surface area contributed by atoms with E-state index >= 15 is 0 Å². The highest BCUT2D eigenvalue weighted by atomic mass is 32.2. The Bertz CT molecular complexity index is 1030. The molecule has 1 fully saturated rings. The second-order valence-corrected chi connectivity index (χ2v) is 7.57. The summed E-state index contributed by atoms with van der Waals surface area (Å²) in [5.74, 6) is -0.505. The molecule has 0 aromatic heterocycles. The summed E-state index contributed by atoms with van der Waals surface area (Å²) in [7, 11) is 0. The number of rotatable bonds is 7. The molecule has 2 N–H and O–H groups in total. The Balaban J connectivity index is 1.62. The van der Waals surface area contributed by atoms with Crippen molar-refractivity contribution < 1.29 is 23.9 Å². The maximum absolute atomic E-state index is 12.6. The molecule has 1 saturated heterocycles. The maximum Gasteiger partial charge on any atom is 0.294 e. The zero-order chi connectivity index (χ0) is 22.4. The molecule has 31 heavy (non-hydrogen) atoms. The van der Waals surface area contributed by atoms with Gasteiger partial charge in [0.05, 0.1) is 11.5 Å². The van der Waals surface area contributed by atoms with E-state index in [2.05, 4.69) is 10.6 Å². The van der Waals surface area contributed by atoms with Gasteiger partial charge in [0.15, 0.2) is 0 Å². The number of hydrogen-bond donors (Lipinski definition) is 2. The van der Waals surface area contributed by atoms with Gasteiger partial charge in [0.25, 0.3) is 11.1 Å². The van der Waals surface area contributed by atoms with Crippen LogP contribution in [0.25, 0.3) is 6.08 Å². The molecule has 2 aromatic rings. The van der Waals surface area contributed by atoms with Gasteiger partial charge in [-0.05, 0) is 66.7 Å². The molecule has 3 rings (SSSR count). The second kappa shape index (κ2) is 9.94. The van der Waals surface area contributed by atoms with Crippen LogP contribution in [-0.4, -0.2) is 41.0 Å². The first-order valence-electron chi connectivity index (χ1n) is 9.51. The zero-order valence-corrected chi connectivity index (χ0v) is 17.8. The molecule has 0 atom stereocenters. The van der Waals surface area contributed by atoms with Crippen molar-refractivity contribution in [2.75, 3.05) is 23.8 Å². The Morgan fingerprint density at radius 2 is 1.61 bits per heavy atom. The smallest absolute Gasteiger partial charge is 0.294 e. The molecule has 2 aromatic carbocycles. The SMILES string of the molecule is CCOc1ccc(NC(=O)CN2C(=O)S/C(=C\c3ccc(NC(C)=O)cc3)C2=O)cc1. The van der Waals surface area contributed by atoms with E-state index in [0.29, 0.717) is 29.3 Å². The van der Waals surface area contributed by atoms with Crippen molar-refractivity contribution in [3.8, 4) is 5.75 Å². The Morgan fingerprint density at radius 1 is 1.00 bits per heavy atom. The van der Waals surface area contributed by atoms with E-state index in [1.165, 1.54) is 6.92 Å². The third-order valence-corrected chi connectivity index (χ3v) is 5.06. The molecular weight excluding hydrogens is 418 g/mol. The molecule has 8 nitrogen and oxygen atoms in total. The number of anilines is 2. The lowest BCUT2D eigenvalue weighted by molar-refractivity contribution is -0.127. The summed E-state index contributed by atoms with van der Waals surface area (Å²) in [5.41, 5.74) is 1.86. The number of benzene rings is 2. The number of nitrogens with one attached hydrogen (secondary N) is 2. The van der Waals surface area contributed by atoms with Gasteiger partial charge in [0, 0.05) is 18.3 Å². The maximum atomic E-state index is 12.6. The lowest BCUT2D eigenvalue weighted by atomic mass is 10.2. The van der Waals surface area contributed by atoms with E-state index in [0.717, 1.165) is 16.7 Å². The minimum Gasteiger partial charge on any atom is -0.494 e. The summed E-state index contributed by atoms with van der Waals surface area (Å²) in [4.78, 5) is 49.4. The average molecular weight is 439 g/mol. The summed E-state index contributed by atoms with van der Waals surface area (Å²) in [6.45, 7) is 3.45. The largest absolute Gasteiger partial charge is 0.494 e. The van der Waals surface area contributed by atoms with Crippen molar-refractivity contribution in [1.29, 1.82) is 0 Å². The third-order valence-electron chi connectivity index (χ3n) is 4.15.